The fourth-order valence-corrected chi connectivity index (χ4v) is 3.89. The van der Waals surface area contributed by atoms with Gasteiger partial charge in [0.25, 0.3) is 5.91 Å². The molecule has 8 heteroatoms. The second-order valence-corrected chi connectivity index (χ2v) is 8.38. The van der Waals surface area contributed by atoms with Gasteiger partial charge in [-0.3, -0.25) is 9.59 Å². The zero-order valence-electron chi connectivity index (χ0n) is 17.2. The summed E-state index contributed by atoms with van der Waals surface area (Å²) >= 11 is 15.6. The Balaban J connectivity index is 2.22. The highest BCUT2D eigenvalue weighted by Gasteiger charge is 2.28. The lowest BCUT2D eigenvalue weighted by Crippen LogP contribution is -2.49. The van der Waals surface area contributed by atoms with Gasteiger partial charge in [0.2, 0.25) is 5.91 Å². The average molecular weight is 516 g/mol. The topological polar surface area (TPSA) is 58.6 Å². The number of benzene rings is 2. The first kappa shape index (κ1) is 24.5. The van der Waals surface area contributed by atoms with Crippen molar-refractivity contribution in [3.05, 3.63) is 62.0 Å². The number of nitrogens with zero attached hydrogens (tertiary/aromatic N) is 1. The van der Waals surface area contributed by atoms with Gasteiger partial charge in [-0.15, -0.1) is 0 Å². The van der Waals surface area contributed by atoms with E-state index in [1.807, 2.05) is 25.1 Å². The zero-order valence-corrected chi connectivity index (χ0v) is 20.3. The molecule has 0 saturated heterocycles. The number of halogens is 3. The van der Waals surface area contributed by atoms with Crippen molar-refractivity contribution in [3.63, 3.8) is 0 Å². The molecule has 30 heavy (non-hydrogen) atoms. The Morgan fingerprint density at radius 2 is 1.80 bits per heavy atom. The van der Waals surface area contributed by atoms with Crippen LogP contribution in [0.15, 0.2) is 40.9 Å². The minimum absolute atomic E-state index is 0.196. The number of aryl methyl sites for hydroxylation is 1. The fourth-order valence-electron chi connectivity index (χ4n) is 3.02. The quantitative estimate of drug-likeness (QED) is 0.496. The molecule has 2 rings (SSSR count). The number of carbonyl (C=O) groups excluding carboxylic acids is 2. The Morgan fingerprint density at radius 3 is 2.37 bits per heavy atom. The lowest BCUT2D eigenvalue weighted by Gasteiger charge is -2.30. The van der Waals surface area contributed by atoms with Gasteiger partial charge in [-0.1, -0.05) is 49.2 Å². The van der Waals surface area contributed by atoms with Crippen LogP contribution in [0.25, 0.3) is 0 Å². The van der Waals surface area contributed by atoms with Crippen LogP contribution in [0.1, 0.15) is 31.4 Å². The third kappa shape index (κ3) is 6.37. The molecule has 0 aliphatic carbocycles. The van der Waals surface area contributed by atoms with Crippen LogP contribution >= 0.6 is 39.1 Å². The van der Waals surface area contributed by atoms with Crippen LogP contribution in [0.4, 0.5) is 0 Å². The average Bonchev–Trinajstić information content (AvgIpc) is 2.74. The summed E-state index contributed by atoms with van der Waals surface area (Å²) in [4.78, 5) is 27.0. The number of ether oxygens (including phenoxy) is 1. The summed E-state index contributed by atoms with van der Waals surface area (Å²) in [5, 5.41) is 3.45. The molecule has 2 aromatic rings. The molecule has 0 radical (unpaired) electrons. The van der Waals surface area contributed by atoms with E-state index in [2.05, 4.69) is 28.2 Å². The third-order valence-electron chi connectivity index (χ3n) is 4.72. The van der Waals surface area contributed by atoms with Crippen LogP contribution in [0, 0.1) is 0 Å². The minimum Gasteiger partial charge on any atom is -0.483 e. The second kappa shape index (κ2) is 11.6. The maximum atomic E-state index is 13.1. The van der Waals surface area contributed by atoms with Gasteiger partial charge in [0, 0.05) is 13.6 Å². The van der Waals surface area contributed by atoms with Crippen LogP contribution in [-0.4, -0.2) is 36.4 Å². The number of hydrogen-bond acceptors (Lipinski definition) is 3. The van der Waals surface area contributed by atoms with Gasteiger partial charge in [-0.25, -0.2) is 0 Å². The molecule has 1 N–H and O–H groups in total. The highest BCUT2D eigenvalue weighted by molar-refractivity contribution is 9.10. The highest BCUT2D eigenvalue weighted by atomic mass is 79.9. The normalized spacial score (nSPS) is 11.7. The molecule has 0 spiro atoms. The molecule has 0 saturated carbocycles. The minimum atomic E-state index is -0.633. The number of hydrogen-bond donors (Lipinski definition) is 1. The van der Waals surface area contributed by atoms with Crippen molar-refractivity contribution in [1.82, 2.24) is 10.2 Å². The summed E-state index contributed by atoms with van der Waals surface area (Å²) in [5.41, 5.74) is 1.93. The third-order valence-corrected chi connectivity index (χ3v) is 6.08. The first-order valence-electron chi connectivity index (χ1n) is 9.66. The molecule has 1 atom stereocenters. The monoisotopic (exact) mass is 514 g/mol. The van der Waals surface area contributed by atoms with Crippen LogP contribution in [0.3, 0.4) is 0 Å². The first-order valence-corrected chi connectivity index (χ1v) is 11.2. The maximum absolute atomic E-state index is 13.1. The predicted octanol–water partition coefficient (Wildman–Crippen LogP) is 5.25. The van der Waals surface area contributed by atoms with Crippen LogP contribution in [0.5, 0.6) is 5.75 Å². The zero-order chi connectivity index (χ0) is 22.3. The Kier molecular flexibility index (Phi) is 9.46. The summed E-state index contributed by atoms with van der Waals surface area (Å²) < 4.78 is 6.53. The largest absolute Gasteiger partial charge is 0.483 e. The maximum Gasteiger partial charge on any atom is 0.261 e. The Labute approximate surface area is 195 Å². The van der Waals surface area contributed by atoms with Crippen molar-refractivity contribution in [2.24, 2.45) is 0 Å². The molecule has 2 aromatic carbocycles. The molecule has 5 nitrogen and oxygen atoms in total. The van der Waals surface area contributed by atoms with Crippen molar-refractivity contribution in [2.75, 3.05) is 13.7 Å². The summed E-state index contributed by atoms with van der Waals surface area (Å²) in [6, 6.07) is 10.3. The van der Waals surface area contributed by atoms with Gasteiger partial charge in [-0.05, 0) is 64.2 Å². The summed E-state index contributed by atoms with van der Waals surface area (Å²) in [7, 11) is 1.55. The molecule has 0 bridgehead atoms. The van der Waals surface area contributed by atoms with Gasteiger partial charge in [0.15, 0.2) is 6.61 Å². The first-order chi connectivity index (χ1) is 14.3. The van der Waals surface area contributed by atoms with E-state index in [-0.39, 0.29) is 25.0 Å². The van der Waals surface area contributed by atoms with E-state index in [1.165, 1.54) is 4.90 Å². The molecule has 0 heterocycles. The van der Waals surface area contributed by atoms with Gasteiger partial charge in [0.1, 0.15) is 11.8 Å². The van der Waals surface area contributed by atoms with Gasteiger partial charge < -0.3 is 15.0 Å². The van der Waals surface area contributed by atoms with E-state index < -0.39 is 6.04 Å². The van der Waals surface area contributed by atoms with Crippen LogP contribution in [0.2, 0.25) is 10.0 Å². The Hall–Kier alpha value is -1.76. The van der Waals surface area contributed by atoms with E-state index in [0.717, 1.165) is 22.0 Å². The van der Waals surface area contributed by atoms with Crippen molar-refractivity contribution in [1.29, 1.82) is 0 Å². The lowest BCUT2D eigenvalue weighted by atomic mass is 10.1. The molecule has 0 aromatic heterocycles. The summed E-state index contributed by atoms with van der Waals surface area (Å²) in [5.74, 6) is 0.0328. The summed E-state index contributed by atoms with van der Waals surface area (Å²) in [6.07, 6.45) is 1.36. The number of carbonyl (C=O) groups is 2. The molecule has 0 aliphatic heterocycles. The number of likely N-dealkylation sites (N-methyl/N-ethyl adjacent to an activating group) is 1. The molecule has 0 unspecified atom stereocenters. The number of amides is 2. The van der Waals surface area contributed by atoms with Gasteiger partial charge >= 0.3 is 0 Å². The predicted molar refractivity (Wildman–Crippen MR) is 124 cm³/mol. The highest BCUT2D eigenvalue weighted by Crippen LogP contribution is 2.27. The fraction of sp³-hybridized carbons (Fsp3) is 0.364. The smallest absolute Gasteiger partial charge is 0.261 e. The van der Waals surface area contributed by atoms with Crippen molar-refractivity contribution in [2.45, 2.75) is 39.3 Å². The second-order valence-electron chi connectivity index (χ2n) is 6.72. The van der Waals surface area contributed by atoms with Crippen LogP contribution < -0.4 is 10.1 Å². The Bertz CT molecular complexity index is 908. The molecular weight excluding hydrogens is 491 g/mol. The molecule has 162 valence electrons. The van der Waals surface area contributed by atoms with Gasteiger partial charge in [0.05, 0.1) is 14.5 Å². The number of nitrogens with one attached hydrogen (secondary N) is 1. The van der Waals surface area contributed by atoms with Crippen molar-refractivity contribution in [3.8, 4) is 5.75 Å². The van der Waals surface area contributed by atoms with E-state index in [9.17, 15) is 9.59 Å². The molecule has 0 aliphatic rings. The van der Waals surface area contributed by atoms with Gasteiger partial charge in [-0.2, -0.15) is 0 Å². The van der Waals surface area contributed by atoms with E-state index in [1.54, 1.807) is 25.2 Å². The lowest BCUT2D eigenvalue weighted by molar-refractivity contribution is -0.142. The SMILES string of the molecule is CCc1ccc(OCC(=O)N(Cc2ccc(Cl)c(Cl)c2)[C@@H](CC)C(=O)NC)c(Br)c1. The molecule has 0 fully saturated rings. The van der Waals surface area contributed by atoms with E-state index in [4.69, 9.17) is 27.9 Å². The van der Waals surface area contributed by atoms with Crippen molar-refractivity contribution >= 4 is 50.9 Å². The standard InChI is InChI=1S/C22H25BrCl2N2O3/c1-4-14-7-9-20(16(23)10-14)30-13-21(28)27(19(5-2)22(29)26-3)12-15-6-8-17(24)18(25)11-15/h6-11,19H,4-5,12-13H2,1-3H3,(H,26,29)/t19-/m0/s1. The van der Waals surface area contributed by atoms with Crippen LogP contribution in [-0.2, 0) is 22.6 Å². The number of rotatable bonds is 9. The Morgan fingerprint density at radius 1 is 1.10 bits per heavy atom. The van der Waals surface area contributed by atoms with E-state index >= 15 is 0 Å². The van der Waals surface area contributed by atoms with E-state index in [0.29, 0.717) is 22.2 Å². The molecular formula is C22H25BrCl2N2O3. The molecule has 2 amide bonds. The van der Waals surface area contributed by atoms with Crippen molar-refractivity contribution < 1.29 is 14.3 Å². The summed E-state index contributed by atoms with van der Waals surface area (Å²) in [6.45, 7) is 3.94.